The van der Waals surface area contributed by atoms with Crippen LogP contribution in [-0.2, 0) is 4.79 Å². The Morgan fingerprint density at radius 2 is 1.90 bits per heavy atom. The monoisotopic (exact) mass is 293 g/mol. The predicted octanol–water partition coefficient (Wildman–Crippen LogP) is 1.42. The standard InChI is InChI=1S/C15H23N3O3/c1-5-18(6-2)13(19)11-17(4)15(20)12-9-8-10-16-14(12)21-7-3/h8-10H,5-7,11H2,1-4H3. The molecule has 0 spiro atoms. The van der Waals surface area contributed by atoms with Crippen LogP contribution in [0.3, 0.4) is 0 Å². The lowest BCUT2D eigenvalue weighted by molar-refractivity contribution is -0.131. The average molecular weight is 293 g/mol. The van der Waals surface area contributed by atoms with Crippen LogP contribution in [0, 0.1) is 0 Å². The average Bonchev–Trinajstić information content (AvgIpc) is 2.48. The first-order valence-electron chi connectivity index (χ1n) is 7.16. The van der Waals surface area contributed by atoms with Gasteiger partial charge in [-0.2, -0.15) is 0 Å². The number of nitrogens with zero attached hydrogens (tertiary/aromatic N) is 3. The predicted molar refractivity (Wildman–Crippen MR) is 80.3 cm³/mol. The SMILES string of the molecule is CCOc1ncccc1C(=O)N(C)CC(=O)N(CC)CC. The summed E-state index contributed by atoms with van der Waals surface area (Å²) in [4.78, 5) is 31.6. The molecule has 1 aromatic rings. The summed E-state index contributed by atoms with van der Waals surface area (Å²) in [5, 5.41) is 0. The third kappa shape index (κ3) is 4.44. The van der Waals surface area contributed by atoms with Gasteiger partial charge in [-0.15, -0.1) is 0 Å². The van der Waals surface area contributed by atoms with Gasteiger partial charge in [-0.1, -0.05) is 0 Å². The van der Waals surface area contributed by atoms with Crippen molar-refractivity contribution in [1.29, 1.82) is 0 Å². The molecular formula is C15H23N3O3. The van der Waals surface area contributed by atoms with Gasteiger partial charge >= 0.3 is 0 Å². The first kappa shape index (κ1) is 16.9. The molecule has 0 saturated heterocycles. The smallest absolute Gasteiger partial charge is 0.259 e. The van der Waals surface area contributed by atoms with E-state index < -0.39 is 0 Å². The number of rotatable bonds is 7. The second kappa shape index (κ2) is 8.24. The third-order valence-electron chi connectivity index (χ3n) is 3.12. The second-order valence-corrected chi connectivity index (χ2v) is 4.52. The van der Waals surface area contributed by atoms with Gasteiger partial charge in [0.15, 0.2) is 0 Å². The number of carbonyl (C=O) groups is 2. The van der Waals surface area contributed by atoms with Gasteiger partial charge in [0.1, 0.15) is 5.56 Å². The Morgan fingerprint density at radius 1 is 1.24 bits per heavy atom. The van der Waals surface area contributed by atoms with Crippen LogP contribution in [0.1, 0.15) is 31.1 Å². The molecule has 21 heavy (non-hydrogen) atoms. The minimum absolute atomic E-state index is 0.0426. The highest BCUT2D eigenvalue weighted by atomic mass is 16.5. The van der Waals surface area contributed by atoms with Crippen molar-refractivity contribution in [2.45, 2.75) is 20.8 Å². The minimum atomic E-state index is -0.271. The first-order chi connectivity index (χ1) is 10.0. The fraction of sp³-hybridized carbons (Fsp3) is 0.533. The van der Waals surface area contributed by atoms with E-state index in [1.54, 1.807) is 30.3 Å². The van der Waals surface area contributed by atoms with Crippen LogP contribution < -0.4 is 4.74 Å². The molecule has 0 aliphatic rings. The summed E-state index contributed by atoms with van der Waals surface area (Å²) in [7, 11) is 1.60. The summed E-state index contributed by atoms with van der Waals surface area (Å²) < 4.78 is 5.35. The maximum absolute atomic E-state index is 12.4. The zero-order valence-corrected chi connectivity index (χ0v) is 13.1. The molecule has 0 bridgehead atoms. The van der Waals surface area contributed by atoms with Crippen LogP contribution in [0.4, 0.5) is 0 Å². The number of hydrogen-bond acceptors (Lipinski definition) is 4. The van der Waals surface area contributed by atoms with Gasteiger partial charge < -0.3 is 14.5 Å². The van der Waals surface area contributed by atoms with Gasteiger partial charge in [-0.3, -0.25) is 9.59 Å². The molecular weight excluding hydrogens is 270 g/mol. The number of carbonyl (C=O) groups excluding carboxylic acids is 2. The van der Waals surface area contributed by atoms with Crippen molar-refractivity contribution in [2.75, 3.05) is 33.3 Å². The van der Waals surface area contributed by atoms with Gasteiger partial charge in [0, 0.05) is 26.3 Å². The van der Waals surface area contributed by atoms with E-state index in [-0.39, 0.29) is 18.4 Å². The van der Waals surface area contributed by atoms with Gasteiger partial charge in [-0.05, 0) is 32.9 Å². The largest absolute Gasteiger partial charge is 0.477 e. The van der Waals surface area contributed by atoms with Crippen LogP contribution in [0.5, 0.6) is 5.88 Å². The number of aromatic nitrogens is 1. The number of hydrogen-bond donors (Lipinski definition) is 0. The van der Waals surface area contributed by atoms with E-state index in [1.807, 2.05) is 20.8 Å². The lowest BCUT2D eigenvalue weighted by atomic mass is 10.2. The van der Waals surface area contributed by atoms with Crippen molar-refractivity contribution in [2.24, 2.45) is 0 Å². The molecule has 1 heterocycles. The van der Waals surface area contributed by atoms with E-state index in [0.29, 0.717) is 31.1 Å². The molecule has 0 aliphatic carbocycles. The summed E-state index contributed by atoms with van der Waals surface area (Å²) in [6, 6.07) is 3.33. The summed E-state index contributed by atoms with van der Waals surface area (Å²) >= 11 is 0. The Balaban J connectivity index is 2.81. The molecule has 0 unspecified atom stereocenters. The highest BCUT2D eigenvalue weighted by Crippen LogP contribution is 2.16. The molecule has 0 fully saturated rings. The fourth-order valence-electron chi connectivity index (χ4n) is 1.96. The van der Waals surface area contributed by atoms with E-state index in [0.717, 1.165) is 0 Å². The lowest BCUT2D eigenvalue weighted by Crippen LogP contribution is -2.41. The molecule has 0 atom stereocenters. The Hall–Kier alpha value is -2.11. The Bertz CT molecular complexity index is 487. The summed E-state index contributed by atoms with van der Waals surface area (Å²) in [5.41, 5.74) is 0.370. The molecule has 0 aliphatic heterocycles. The molecule has 116 valence electrons. The van der Waals surface area contributed by atoms with Crippen molar-refractivity contribution in [3.05, 3.63) is 23.9 Å². The van der Waals surface area contributed by atoms with Crippen molar-refractivity contribution >= 4 is 11.8 Å². The topological polar surface area (TPSA) is 62.7 Å². The van der Waals surface area contributed by atoms with Gasteiger partial charge in [0.2, 0.25) is 11.8 Å². The van der Waals surface area contributed by atoms with Crippen LogP contribution in [0.15, 0.2) is 18.3 Å². The fourth-order valence-corrected chi connectivity index (χ4v) is 1.96. The third-order valence-corrected chi connectivity index (χ3v) is 3.12. The van der Waals surface area contributed by atoms with E-state index in [4.69, 9.17) is 4.74 Å². The van der Waals surface area contributed by atoms with E-state index in [9.17, 15) is 9.59 Å². The summed E-state index contributed by atoms with van der Waals surface area (Å²) in [5.74, 6) is -0.0445. The number of likely N-dealkylation sites (N-methyl/N-ethyl adjacent to an activating group) is 2. The summed E-state index contributed by atoms with van der Waals surface area (Å²) in [6.07, 6.45) is 1.57. The molecule has 1 rings (SSSR count). The Labute approximate surface area is 125 Å². The highest BCUT2D eigenvalue weighted by molar-refractivity contribution is 5.98. The van der Waals surface area contributed by atoms with Crippen molar-refractivity contribution < 1.29 is 14.3 Å². The maximum atomic E-state index is 12.4. The minimum Gasteiger partial charge on any atom is -0.477 e. The summed E-state index contributed by atoms with van der Waals surface area (Å²) in [6.45, 7) is 7.40. The molecule has 0 radical (unpaired) electrons. The highest BCUT2D eigenvalue weighted by Gasteiger charge is 2.21. The van der Waals surface area contributed by atoms with Crippen LogP contribution in [0.25, 0.3) is 0 Å². The zero-order valence-electron chi connectivity index (χ0n) is 13.1. The number of amides is 2. The Kier molecular flexibility index (Phi) is 6.65. The van der Waals surface area contributed by atoms with Crippen molar-refractivity contribution in [1.82, 2.24) is 14.8 Å². The van der Waals surface area contributed by atoms with Crippen molar-refractivity contribution in [3.63, 3.8) is 0 Å². The van der Waals surface area contributed by atoms with E-state index in [1.165, 1.54) is 4.90 Å². The quantitative estimate of drug-likeness (QED) is 0.763. The van der Waals surface area contributed by atoms with Crippen LogP contribution in [0.2, 0.25) is 0 Å². The molecule has 1 aromatic heterocycles. The van der Waals surface area contributed by atoms with Crippen molar-refractivity contribution in [3.8, 4) is 5.88 Å². The van der Waals surface area contributed by atoms with E-state index in [2.05, 4.69) is 4.98 Å². The van der Waals surface area contributed by atoms with Gasteiger partial charge in [0.05, 0.1) is 13.2 Å². The number of pyridine rings is 1. The Morgan fingerprint density at radius 3 is 2.48 bits per heavy atom. The second-order valence-electron chi connectivity index (χ2n) is 4.52. The molecule has 6 heteroatoms. The number of ether oxygens (including phenoxy) is 1. The molecule has 6 nitrogen and oxygen atoms in total. The molecule has 0 aromatic carbocycles. The molecule has 0 saturated carbocycles. The molecule has 2 amide bonds. The van der Waals surface area contributed by atoms with Crippen LogP contribution in [-0.4, -0.2) is 59.9 Å². The van der Waals surface area contributed by atoms with E-state index >= 15 is 0 Å². The normalized spacial score (nSPS) is 10.1. The van der Waals surface area contributed by atoms with Gasteiger partial charge in [0.25, 0.3) is 5.91 Å². The van der Waals surface area contributed by atoms with Gasteiger partial charge in [-0.25, -0.2) is 4.98 Å². The maximum Gasteiger partial charge on any atom is 0.259 e. The lowest BCUT2D eigenvalue weighted by Gasteiger charge is -2.23. The zero-order chi connectivity index (χ0) is 15.8. The van der Waals surface area contributed by atoms with Crippen LogP contribution >= 0.6 is 0 Å². The molecule has 0 N–H and O–H groups in total. The first-order valence-corrected chi connectivity index (χ1v) is 7.16.